The number of nitrogens with one attached hydrogen (secondary N) is 1. The van der Waals surface area contributed by atoms with Crippen molar-refractivity contribution < 1.29 is 9.47 Å². The van der Waals surface area contributed by atoms with Gasteiger partial charge in [-0.2, -0.15) is 0 Å². The Hall–Kier alpha value is -0.0800. The van der Waals surface area contributed by atoms with Gasteiger partial charge in [0.2, 0.25) is 0 Å². The molecule has 5 nitrogen and oxygen atoms in total. The van der Waals surface area contributed by atoms with Gasteiger partial charge in [-0.15, -0.1) is 24.0 Å². The minimum absolute atomic E-state index is 0. The lowest BCUT2D eigenvalue weighted by atomic mass is 10.0. The Balaban J connectivity index is 0.00000484. The lowest BCUT2D eigenvalue weighted by Crippen LogP contribution is -2.38. The molecule has 0 bridgehead atoms. The maximum atomic E-state index is 5.90. The highest BCUT2D eigenvalue weighted by Crippen LogP contribution is 2.12. The molecular weight excluding hydrogens is 405 g/mol. The van der Waals surface area contributed by atoms with E-state index >= 15 is 0 Å². The Morgan fingerprint density at radius 1 is 1.30 bits per heavy atom. The van der Waals surface area contributed by atoms with Crippen molar-refractivity contribution in [2.45, 2.75) is 58.9 Å². The van der Waals surface area contributed by atoms with Gasteiger partial charge in [-0.05, 0) is 32.1 Å². The van der Waals surface area contributed by atoms with Gasteiger partial charge in [-0.1, -0.05) is 26.7 Å². The van der Waals surface area contributed by atoms with Crippen molar-refractivity contribution in [1.82, 2.24) is 5.32 Å². The second-order valence-corrected chi connectivity index (χ2v) is 6.80. The minimum atomic E-state index is 0. The smallest absolute Gasteiger partial charge is 0.188 e. The van der Waals surface area contributed by atoms with Gasteiger partial charge in [0.1, 0.15) is 0 Å². The highest BCUT2D eigenvalue weighted by molar-refractivity contribution is 14.0. The molecule has 0 aromatic heterocycles. The van der Waals surface area contributed by atoms with Gasteiger partial charge in [-0.3, -0.25) is 4.99 Å². The van der Waals surface area contributed by atoms with Gasteiger partial charge in [0.15, 0.2) is 5.96 Å². The zero-order chi connectivity index (χ0) is 16.2. The molecule has 3 N–H and O–H groups in total. The molecule has 0 radical (unpaired) electrons. The highest BCUT2D eigenvalue weighted by atomic mass is 127. The third kappa shape index (κ3) is 12.9. The van der Waals surface area contributed by atoms with Crippen molar-refractivity contribution in [3.8, 4) is 0 Å². The Morgan fingerprint density at radius 2 is 2.09 bits per heavy atom. The van der Waals surface area contributed by atoms with Crippen molar-refractivity contribution in [3.05, 3.63) is 0 Å². The molecule has 0 aromatic carbocycles. The number of ether oxygens (including phenoxy) is 2. The summed E-state index contributed by atoms with van der Waals surface area (Å²) < 4.78 is 11.0. The standard InChI is InChI=1S/C17H35N3O2.HI/c1-14(2)6-4-7-15(3)20-17(18)19-9-5-10-21-12-16-8-11-22-13-16;/h14-16H,4-13H2,1-3H3,(H3,18,19,20);1H. The first-order chi connectivity index (χ1) is 10.6. The topological polar surface area (TPSA) is 68.9 Å². The molecule has 0 aromatic rings. The molecule has 1 fully saturated rings. The van der Waals surface area contributed by atoms with Crippen LogP contribution in [0, 0.1) is 11.8 Å². The molecular formula is C17H36IN3O2. The van der Waals surface area contributed by atoms with Crippen LogP contribution >= 0.6 is 24.0 Å². The summed E-state index contributed by atoms with van der Waals surface area (Å²) in [5.74, 6) is 1.91. The summed E-state index contributed by atoms with van der Waals surface area (Å²) in [5.41, 5.74) is 5.90. The van der Waals surface area contributed by atoms with Crippen LogP contribution < -0.4 is 11.1 Å². The van der Waals surface area contributed by atoms with Crippen LogP contribution in [0.5, 0.6) is 0 Å². The van der Waals surface area contributed by atoms with Crippen molar-refractivity contribution in [2.75, 3.05) is 33.0 Å². The minimum Gasteiger partial charge on any atom is -0.381 e. The lowest BCUT2D eigenvalue weighted by Gasteiger charge is -2.15. The molecule has 6 heteroatoms. The quantitative estimate of drug-likeness (QED) is 0.224. The molecule has 0 saturated carbocycles. The van der Waals surface area contributed by atoms with E-state index in [4.69, 9.17) is 15.2 Å². The van der Waals surface area contributed by atoms with Crippen LogP contribution in [0.2, 0.25) is 0 Å². The fourth-order valence-corrected chi connectivity index (χ4v) is 2.53. The normalized spacial score (nSPS) is 19.7. The molecule has 2 atom stereocenters. The number of guanidine groups is 1. The summed E-state index contributed by atoms with van der Waals surface area (Å²) in [7, 11) is 0. The van der Waals surface area contributed by atoms with Crippen molar-refractivity contribution >= 4 is 29.9 Å². The molecule has 138 valence electrons. The van der Waals surface area contributed by atoms with E-state index in [0.717, 1.165) is 58.2 Å². The summed E-state index contributed by atoms with van der Waals surface area (Å²) in [4.78, 5) is 4.36. The summed E-state index contributed by atoms with van der Waals surface area (Å²) in [5, 5.41) is 3.26. The van der Waals surface area contributed by atoms with Gasteiger partial charge in [0.25, 0.3) is 0 Å². The van der Waals surface area contributed by atoms with E-state index in [1.165, 1.54) is 12.8 Å². The molecule has 0 amide bonds. The van der Waals surface area contributed by atoms with Gasteiger partial charge in [-0.25, -0.2) is 0 Å². The molecule has 1 aliphatic heterocycles. The number of halogens is 1. The van der Waals surface area contributed by atoms with E-state index in [1.807, 2.05) is 0 Å². The molecule has 1 aliphatic rings. The van der Waals surface area contributed by atoms with E-state index in [-0.39, 0.29) is 24.0 Å². The van der Waals surface area contributed by atoms with Gasteiger partial charge in [0.05, 0.1) is 13.2 Å². The Kier molecular flexibility index (Phi) is 14.2. The molecule has 2 unspecified atom stereocenters. The molecule has 1 rings (SSSR count). The fraction of sp³-hybridized carbons (Fsp3) is 0.941. The SMILES string of the molecule is CC(C)CCCC(C)NC(N)=NCCCOCC1CCOC1.I. The number of aliphatic imine (C=N–C) groups is 1. The van der Waals surface area contributed by atoms with E-state index in [0.29, 0.717) is 17.9 Å². The maximum absolute atomic E-state index is 5.90. The zero-order valence-electron chi connectivity index (χ0n) is 15.1. The van der Waals surface area contributed by atoms with Crippen molar-refractivity contribution in [3.63, 3.8) is 0 Å². The number of hydrogen-bond donors (Lipinski definition) is 2. The second kappa shape index (κ2) is 14.3. The monoisotopic (exact) mass is 441 g/mol. The summed E-state index contributed by atoms with van der Waals surface area (Å²) in [6, 6.07) is 0.390. The average Bonchev–Trinajstić information content (AvgIpc) is 2.95. The summed E-state index contributed by atoms with van der Waals surface area (Å²) >= 11 is 0. The summed E-state index contributed by atoms with van der Waals surface area (Å²) in [6.45, 7) is 10.7. The number of nitrogens with two attached hydrogens (primary N) is 1. The first-order valence-electron chi connectivity index (χ1n) is 8.80. The maximum Gasteiger partial charge on any atom is 0.188 e. The first kappa shape index (κ1) is 22.9. The van der Waals surface area contributed by atoms with Crippen LogP contribution in [0.15, 0.2) is 4.99 Å². The first-order valence-corrected chi connectivity index (χ1v) is 8.80. The second-order valence-electron chi connectivity index (χ2n) is 6.80. The number of hydrogen-bond acceptors (Lipinski definition) is 3. The van der Waals surface area contributed by atoms with Gasteiger partial charge < -0.3 is 20.5 Å². The predicted molar refractivity (Wildman–Crippen MR) is 108 cm³/mol. The number of rotatable bonds is 11. The summed E-state index contributed by atoms with van der Waals surface area (Å²) in [6.07, 6.45) is 5.69. The van der Waals surface area contributed by atoms with E-state index in [9.17, 15) is 0 Å². The average molecular weight is 441 g/mol. The van der Waals surface area contributed by atoms with Crippen molar-refractivity contribution in [1.29, 1.82) is 0 Å². The van der Waals surface area contributed by atoms with Crippen LogP contribution in [0.25, 0.3) is 0 Å². The molecule has 0 aliphatic carbocycles. The lowest BCUT2D eigenvalue weighted by molar-refractivity contribution is 0.0893. The molecule has 1 saturated heterocycles. The van der Waals surface area contributed by atoms with Crippen LogP contribution in [0.3, 0.4) is 0 Å². The van der Waals surface area contributed by atoms with Crippen LogP contribution in [0.4, 0.5) is 0 Å². The zero-order valence-corrected chi connectivity index (χ0v) is 17.4. The Labute approximate surface area is 159 Å². The molecule has 23 heavy (non-hydrogen) atoms. The number of nitrogens with zero attached hydrogens (tertiary/aromatic N) is 1. The van der Waals surface area contributed by atoms with Crippen molar-refractivity contribution in [2.24, 2.45) is 22.6 Å². The van der Waals surface area contributed by atoms with E-state index in [2.05, 4.69) is 31.1 Å². The third-order valence-electron chi connectivity index (χ3n) is 3.92. The fourth-order valence-electron chi connectivity index (χ4n) is 2.53. The van der Waals surface area contributed by atoms with Crippen LogP contribution in [0.1, 0.15) is 52.9 Å². The van der Waals surface area contributed by atoms with Gasteiger partial charge in [0, 0.05) is 31.7 Å². The third-order valence-corrected chi connectivity index (χ3v) is 3.92. The Bertz CT molecular complexity index is 308. The highest BCUT2D eigenvalue weighted by Gasteiger charge is 2.15. The predicted octanol–water partition coefficient (Wildman–Crippen LogP) is 3.17. The molecule has 0 spiro atoms. The van der Waals surface area contributed by atoms with E-state index in [1.54, 1.807) is 0 Å². The van der Waals surface area contributed by atoms with Gasteiger partial charge >= 0.3 is 0 Å². The van der Waals surface area contributed by atoms with Crippen LogP contribution in [-0.4, -0.2) is 45.0 Å². The molecule has 1 heterocycles. The van der Waals surface area contributed by atoms with Crippen LogP contribution in [-0.2, 0) is 9.47 Å². The Morgan fingerprint density at radius 3 is 2.74 bits per heavy atom. The largest absolute Gasteiger partial charge is 0.381 e. The van der Waals surface area contributed by atoms with E-state index < -0.39 is 0 Å².